The van der Waals surface area contributed by atoms with Gasteiger partial charge in [0, 0.05) is 18.3 Å². The Kier molecular flexibility index (Phi) is 5.91. The number of hydrogen-bond donors (Lipinski definition) is 1. The second kappa shape index (κ2) is 7.91. The lowest BCUT2D eigenvalue weighted by atomic mass is 10.1. The number of nitrogens with one attached hydrogen (secondary N) is 1. The van der Waals surface area contributed by atoms with Gasteiger partial charge < -0.3 is 14.8 Å². The summed E-state index contributed by atoms with van der Waals surface area (Å²) < 4.78 is 11.7. The number of benzene rings is 2. The zero-order valence-electron chi connectivity index (χ0n) is 14.7. The van der Waals surface area contributed by atoms with Crippen LogP contribution in [0.4, 0.5) is 5.69 Å². The average Bonchev–Trinajstić information content (AvgIpc) is 2.48. The normalized spacial score (nSPS) is 10.9. The Morgan fingerprint density at radius 2 is 1.52 bits per heavy atom. The number of anilines is 1. The molecule has 0 unspecified atom stereocenters. The second-order valence-electron chi connectivity index (χ2n) is 6.27. The first kappa shape index (κ1) is 17.2. The molecular weight excluding hydrogens is 286 g/mol. The predicted molar refractivity (Wildman–Crippen MR) is 96.5 cm³/mol. The van der Waals surface area contributed by atoms with Crippen LogP contribution in [0.2, 0.25) is 0 Å². The van der Waals surface area contributed by atoms with Crippen LogP contribution in [0, 0.1) is 6.92 Å². The van der Waals surface area contributed by atoms with Gasteiger partial charge in [0.25, 0.3) is 0 Å². The molecule has 3 heteroatoms. The van der Waals surface area contributed by atoms with Gasteiger partial charge in [0.1, 0.15) is 0 Å². The summed E-state index contributed by atoms with van der Waals surface area (Å²) >= 11 is 0. The van der Waals surface area contributed by atoms with Gasteiger partial charge in [0.15, 0.2) is 11.5 Å². The van der Waals surface area contributed by atoms with Gasteiger partial charge in [-0.05, 0) is 57.9 Å². The van der Waals surface area contributed by atoms with E-state index in [1.165, 1.54) is 11.1 Å². The summed E-state index contributed by atoms with van der Waals surface area (Å²) in [5.74, 6) is 1.57. The van der Waals surface area contributed by atoms with Crippen molar-refractivity contribution in [1.82, 2.24) is 0 Å². The minimum absolute atomic E-state index is 0.108. The molecule has 0 aliphatic rings. The molecule has 0 amide bonds. The molecule has 3 nitrogen and oxygen atoms in total. The molecule has 0 heterocycles. The fraction of sp³-hybridized carbons (Fsp3) is 0.400. The third-order valence-electron chi connectivity index (χ3n) is 3.41. The highest BCUT2D eigenvalue weighted by molar-refractivity contribution is 5.55. The van der Waals surface area contributed by atoms with E-state index in [4.69, 9.17) is 9.47 Å². The average molecular weight is 313 g/mol. The highest BCUT2D eigenvalue weighted by Gasteiger charge is 2.10. The van der Waals surface area contributed by atoms with Gasteiger partial charge in [-0.2, -0.15) is 0 Å². The SMILES string of the molecule is Cc1ccccc1CNc1ccc(OC(C)C)c(OC(C)C)c1. The lowest BCUT2D eigenvalue weighted by Crippen LogP contribution is -2.11. The summed E-state index contributed by atoms with van der Waals surface area (Å²) in [6.45, 7) is 11.0. The summed E-state index contributed by atoms with van der Waals surface area (Å²) in [7, 11) is 0. The van der Waals surface area contributed by atoms with E-state index in [1.54, 1.807) is 0 Å². The van der Waals surface area contributed by atoms with Gasteiger partial charge in [-0.25, -0.2) is 0 Å². The second-order valence-corrected chi connectivity index (χ2v) is 6.27. The smallest absolute Gasteiger partial charge is 0.163 e. The van der Waals surface area contributed by atoms with Gasteiger partial charge in [0.05, 0.1) is 12.2 Å². The van der Waals surface area contributed by atoms with Crippen LogP contribution >= 0.6 is 0 Å². The summed E-state index contributed by atoms with van der Waals surface area (Å²) in [6.07, 6.45) is 0.228. The molecule has 2 rings (SSSR count). The summed E-state index contributed by atoms with van der Waals surface area (Å²) in [4.78, 5) is 0. The Morgan fingerprint density at radius 3 is 2.17 bits per heavy atom. The Bertz CT molecular complexity index is 635. The molecule has 0 aromatic heterocycles. The zero-order chi connectivity index (χ0) is 16.8. The van der Waals surface area contributed by atoms with E-state index in [2.05, 4.69) is 36.5 Å². The first-order valence-corrected chi connectivity index (χ1v) is 8.21. The maximum atomic E-state index is 5.90. The van der Waals surface area contributed by atoms with Crippen LogP contribution in [0.25, 0.3) is 0 Å². The van der Waals surface area contributed by atoms with E-state index < -0.39 is 0 Å². The van der Waals surface area contributed by atoms with Crippen LogP contribution in [-0.4, -0.2) is 12.2 Å². The highest BCUT2D eigenvalue weighted by atomic mass is 16.5. The molecule has 124 valence electrons. The molecule has 0 atom stereocenters. The Labute approximate surface area is 139 Å². The van der Waals surface area contributed by atoms with Gasteiger partial charge >= 0.3 is 0 Å². The van der Waals surface area contributed by atoms with Crippen molar-refractivity contribution in [3.8, 4) is 11.5 Å². The van der Waals surface area contributed by atoms with Gasteiger partial charge in [-0.15, -0.1) is 0 Å². The van der Waals surface area contributed by atoms with E-state index >= 15 is 0 Å². The standard InChI is InChI=1S/C20H27NO2/c1-14(2)22-19-11-10-18(12-20(19)23-15(3)4)21-13-17-9-7-6-8-16(17)5/h6-12,14-15,21H,13H2,1-5H3. The first-order chi connectivity index (χ1) is 11.0. The van der Waals surface area contributed by atoms with Crippen molar-refractivity contribution in [2.45, 2.75) is 53.4 Å². The fourth-order valence-corrected chi connectivity index (χ4v) is 2.32. The van der Waals surface area contributed by atoms with Crippen molar-refractivity contribution in [3.63, 3.8) is 0 Å². The molecule has 23 heavy (non-hydrogen) atoms. The quantitative estimate of drug-likeness (QED) is 0.764. The number of rotatable bonds is 7. The molecule has 0 aliphatic heterocycles. The maximum Gasteiger partial charge on any atom is 0.163 e. The largest absolute Gasteiger partial charge is 0.487 e. The van der Waals surface area contributed by atoms with Crippen LogP contribution < -0.4 is 14.8 Å². The van der Waals surface area contributed by atoms with Crippen LogP contribution in [0.3, 0.4) is 0 Å². The molecule has 0 bridgehead atoms. The molecule has 0 saturated carbocycles. The minimum atomic E-state index is 0.108. The minimum Gasteiger partial charge on any atom is -0.487 e. The van der Waals surface area contributed by atoms with Gasteiger partial charge in [-0.3, -0.25) is 0 Å². The predicted octanol–water partition coefficient (Wildman–Crippen LogP) is 5.18. The highest BCUT2D eigenvalue weighted by Crippen LogP contribution is 2.32. The summed E-state index contributed by atoms with van der Waals surface area (Å²) in [6, 6.07) is 14.4. The molecule has 2 aromatic carbocycles. The lowest BCUT2D eigenvalue weighted by molar-refractivity contribution is 0.199. The molecule has 0 radical (unpaired) electrons. The van der Waals surface area contributed by atoms with E-state index in [-0.39, 0.29) is 12.2 Å². The monoisotopic (exact) mass is 313 g/mol. The molecule has 0 aliphatic carbocycles. The summed E-state index contributed by atoms with van der Waals surface area (Å²) in [5.41, 5.74) is 3.61. The topological polar surface area (TPSA) is 30.5 Å². The number of aryl methyl sites for hydroxylation is 1. The molecule has 0 fully saturated rings. The first-order valence-electron chi connectivity index (χ1n) is 8.21. The summed E-state index contributed by atoms with van der Waals surface area (Å²) in [5, 5.41) is 3.46. The third-order valence-corrected chi connectivity index (χ3v) is 3.41. The van der Waals surface area contributed by atoms with Crippen molar-refractivity contribution in [2.24, 2.45) is 0 Å². The van der Waals surface area contributed by atoms with E-state index in [1.807, 2.05) is 45.9 Å². The lowest BCUT2D eigenvalue weighted by Gasteiger charge is -2.18. The van der Waals surface area contributed by atoms with Crippen LogP contribution in [0.5, 0.6) is 11.5 Å². The van der Waals surface area contributed by atoms with Crippen molar-refractivity contribution in [1.29, 1.82) is 0 Å². The molecule has 2 aromatic rings. The Hall–Kier alpha value is -2.16. The van der Waals surface area contributed by atoms with E-state index in [9.17, 15) is 0 Å². The van der Waals surface area contributed by atoms with Crippen molar-refractivity contribution in [3.05, 3.63) is 53.6 Å². The molecule has 0 saturated heterocycles. The molecular formula is C20H27NO2. The van der Waals surface area contributed by atoms with Crippen LogP contribution in [0.15, 0.2) is 42.5 Å². The van der Waals surface area contributed by atoms with Crippen LogP contribution in [-0.2, 0) is 6.54 Å². The number of ether oxygens (including phenoxy) is 2. The van der Waals surface area contributed by atoms with Gasteiger partial charge in [0.2, 0.25) is 0 Å². The van der Waals surface area contributed by atoms with Crippen molar-refractivity contribution < 1.29 is 9.47 Å². The van der Waals surface area contributed by atoms with Crippen molar-refractivity contribution in [2.75, 3.05) is 5.32 Å². The van der Waals surface area contributed by atoms with E-state index in [0.29, 0.717) is 0 Å². The zero-order valence-corrected chi connectivity index (χ0v) is 14.7. The fourth-order valence-electron chi connectivity index (χ4n) is 2.32. The van der Waals surface area contributed by atoms with E-state index in [0.717, 1.165) is 23.7 Å². The van der Waals surface area contributed by atoms with Crippen LogP contribution in [0.1, 0.15) is 38.8 Å². The Morgan fingerprint density at radius 1 is 0.870 bits per heavy atom. The molecule has 0 spiro atoms. The Balaban J connectivity index is 2.14. The maximum absolute atomic E-state index is 5.90. The number of hydrogen-bond acceptors (Lipinski definition) is 3. The van der Waals surface area contributed by atoms with Crippen molar-refractivity contribution >= 4 is 5.69 Å². The molecule has 1 N–H and O–H groups in total. The van der Waals surface area contributed by atoms with Gasteiger partial charge in [-0.1, -0.05) is 24.3 Å². The third kappa shape index (κ3) is 5.20.